The van der Waals surface area contributed by atoms with Crippen LogP contribution in [0.3, 0.4) is 0 Å². The molecule has 6 nitrogen and oxygen atoms in total. The molecule has 0 radical (unpaired) electrons. The zero-order chi connectivity index (χ0) is 51.4. The SMILES string of the molecule is CC/C=C\C/C=C\C/C=C\C/C=C\C/C=C\CCCCCC(=O)OC(COC(=O)CCCCCCCCC/C=C\C/C=C\CCCCC)COC(=O)CCCCCCCCC/C=C\C/C=C\CCCCC. The van der Waals surface area contributed by atoms with E-state index in [9.17, 15) is 14.4 Å². The van der Waals surface area contributed by atoms with E-state index in [-0.39, 0.29) is 37.5 Å². The van der Waals surface area contributed by atoms with Crippen LogP contribution in [0, 0.1) is 0 Å². The van der Waals surface area contributed by atoms with Gasteiger partial charge >= 0.3 is 17.9 Å². The van der Waals surface area contributed by atoms with E-state index in [4.69, 9.17) is 14.2 Å². The van der Waals surface area contributed by atoms with Gasteiger partial charge in [0.1, 0.15) is 13.2 Å². The minimum absolute atomic E-state index is 0.0996. The summed E-state index contributed by atoms with van der Waals surface area (Å²) in [5.74, 6) is -0.945. The molecule has 0 aliphatic carbocycles. The number of carbonyl (C=O) groups excluding carboxylic acids is 3. The molecule has 0 aliphatic heterocycles. The van der Waals surface area contributed by atoms with Crippen LogP contribution in [0.4, 0.5) is 0 Å². The first-order valence-corrected chi connectivity index (χ1v) is 29.4. The highest BCUT2D eigenvalue weighted by molar-refractivity contribution is 5.71. The maximum atomic E-state index is 12.9. The van der Waals surface area contributed by atoms with Gasteiger partial charge in [-0.05, 0) is 128 Å². The molecule has 0 heterocycles. The zero-order valence-corrected chi connectivity index (χ0v) is 46.2. The normalized spacial score (nSPS) is 12.5. The lowest BCUT2D eigenvalue weighted by atomic mass is 10.1. The average Bonchev–Trinajstić information content (AvgIpc) is 3.37. The number of hydrogen-bond donors (Lipinski definition) is 0. The molecule has 0 unspecified atom stereocenters. The molecular formula is C65H108O6. The first kappa shape index (κ1) is 67.1. The van der Waals surface area contributed by atoms with Crippen molar-refractivity contribution in [1.29, 1.82) is 0 Å². The van der Waals surface area contributed by atoms with E-state index in [2.05, 4.69) is 130 Å². The summed E-state index contributed by atoms with van der Waals surface area (Å²) in [5.41, 5.74) is 0. The molecular weight excluding hydrogens is 877 g/mol. The van der Waals surface area contributed by atoms with Gasteiger partial charge in [-0.1, -0.05) is 226 Å². The Kier molecular flexibility index (Phi) is 55.4. The molecule has 0 N–H and O–H groups in total. The predicted molar refractivity (Wildman–Crippen MR) is 307 cm³/mol. The fraction of sp³-hybridized carbons (Fsp3) is 0.677. The Balaban J connectivity index is 4.49. The minimum atomic E-state index is -0.805. The summed E-state index contributed by atoms with van der Waals surface area (Å²) in [6, 6.07) is 0. The van der Waals surface area contributed by atoms with Crippen LogP contribution >= 0.6 is 0 Å². The Morgan fingerprint density at radius 2 is 0.549 bits per heavy atom. The highest BCUT2D eigenvalue weighted by Crippen LogP contribution is 2.14. The molecule has 0 aromatic heterocycles. The molecule has 0 amide bonds. The van der Waals surface area contributed by atoms with Gasteiger partial charge in [0.15, 0.2) is 6.10 Å². The van der Waals surface area contributed by atoms with E-state index in [1.807, 2.05) is 0 Å². The molecule has 71 heavy (non-hydrogen) atoms. The van der Waals surface area contributed by atoms with Gasteiger partial charge in [0.25, 0.3) is 0 Å². The molecule has 0 spiro atoms. The highest BCUT2D eigenvalue weighted by Gasteiger charge is 2.19. The van der Waals surface area contributed by atoms with Crippen LogP contribution in [0.25, 0.3) is 0 Å². The molecule has 0 atom stereocenters. The second kappa shape index (κ2) is 58.6. The average molecular weight is 986 g/mol. The van der Waals surface area contributed by atoms with E-state index < -0.39 is 6.10 Å². The lowest BCUT2D eigenvalue weighted by Gasteiger charge is -2.18. The minimum Gasteiger partial charge on any atom is -0.462 e. The summed E-state index contributed by atoms with van der Waals surface area (Å²) in [6.45, 7) is 6.44. The number of allylic oxidation sites excluding steroid dienone is 18. The molecule has 0 aliphatic rings. The van der Waals surface area contributed by atoms with Crippen molar-refractivity contribution in [3.63, 3.8) is 0 Å². The fourth-order valence-corrected chi connectivity index (χ4v) is 7.82. The standard InChI is InChI=1S/C65H108O6/c1-4-7-10-13-16-19-22-25-28-31-32-35-38-41-44-47-50-53-56-59-65(68)71-62(60-69-63(66)57-54-51-48-45-42-39-36-33-29-26-23-20-17-14-11-8-5-2)61-70-64(67)58-55-52-49-46-43-40-37-34-30-27-24-21-18-15-12-9-6-3/h7,10,16-21,25-30,32,35,41,44,62H,4-6,8-9,11-15,22-24,31,33-34,36-40,42-43,45-61H2,1-3H3/b10-7-,19-16-,20-17-,21-18-,28-25-,29-26-,30-27-,35-32-,44-41-. The number of rotatable bonds is 52. The van der Waals surface area contributed by atoms with Crippen molar-refractivity contribution >= 4 is 17.9 Å². The van der Waals surface area contributed by atoms with E-state index in [0.717, 1.165) is 122 Å². The van der Waals surface area contributed by atoms with Gasteiger partial charge in [-0.3, -0.25) is 14.4 Å². The van der Waals surface area contributed by atoms with Crippen molar-refractivity contribution in [2.24, 2.45) is 0 Å². The van der Waals surface area contributed by atoms with Crippen LogP contribution in [0.5, 0.6) is 0 Å². The molecule has 0 aromatic carbocycles. The topological polar surface area (TPSA) is 78.9 Å². The summed E-state index contributed by atoms with van der Waals surface area (Å²) in [4.78, 5) is 38.2. The van der Waals surface area contributed by atoms with Crippen molar-refractivity contribution < 1.29 is 28.6 Å². The monoisotopic (exact) mass is 985 g/mol. The van der Waals surface area contributed by atoms with Gasteiger partial charge in [-0.25, -0.2) is 0 Å². The summed E-state index contributed by atoms with van der Waals surface area (Å²) in [6.07, 6.45) is 79.3. The van der Waals surface area contributed by atoms with Crippen molar-refractivity contribution in [2.45, 2.75) is 271 Å². The maximum Gasteiger partial charge on any atom is 0.306 e. The number of carbonyl (C=O) groups is 3. The Labute approximate surface area is 438 Å². The maximum absolute atomic E-state index is 12.9. The second-order valence-corrected chi connectivity index (χ2v) is 19.2. The van der Waals surface area contributed by atoms with Crippen LogP contribution in [0.1, 0.15) is 265 Å². The van der Waals surface area contributed by atoms with Crippen LogP contribution < -0.4 is 0 Å². The third-order valence-electron chi connectivity index (χ3n) is 12.2. The number of ether oxygens (including phenoxy) is 3. The number of unbranched alkanes of at least 4 members (excludes halogenated alkanes) is 23. The molecule has 0 rings (SSSR count). The van der Waals surface area contributed by atoms with Gasteiger partial charge < -0.3 is 14.2 Å². The predicted octanol–water partition coefficient (Wildman–Crippen LogP) is 19.9. The second-order valence-electron chi connectivity index (χ2n) is 19.2. The third kappa shape index (κ3) is 56.9. The van der Waals surface area contributed by atoms with E-state index in [1.165, 1.54) is 103 Å². The lowest BCUT2D eigenvalue weighted by molar-refractivity contribution is -0.167. The molecule has 0 fully saturated rings. The summed E-state index contributed by atoms with van der Waals surface area (Å²) in [7, 11) is 0. The molecule has 6 heteroatoms. The number of hydrogen-bond acceptors (Lipinski definition) is 6. The lowest BCUT2D eigenvalue weighted by Crippen LogP contribution is -2.30. The summed E-state index contributed by atoms with van der Waals surface area (Å²) >= 11 is 0. The van der Waals surface area contributed by atoms with E-state index in [0.29, 0.717) is 12.8 Å². The van der Waals surface area contributed by atoms with Gasteiger partial charge in [-0.15, -0.1) is 0 Å². The summed E-state index contributed by atoms with van der Waals surface area (Å²) in [5, 5.41) is 0. The van der Waals surface area contributed by atoms with Crippen LogP contribution in [-0.2, 0) is 28.6 Å². The Bertz CT molecular complexity index is 1390. The number of esters is 3. The Morgan fingerprint density at radius 3 is 0.873 bits per heavy atom. The van der Waals surface area contributed by atoms with Crippen molar-refractivity contribution in [1.82, 2.24) is 0 Å². The van der Waals surface area contributed by atoms with Crippen molar-refractivity contribution in [2.75, 3.05) is 13.2 Å². The van der Waals surface area contributed by atoms with Crippen LogP contribution in [0.2, 0.25) is 0 Å². The fourth-order valence-electron chi connectivity index (χ4n) is 7.82. The van der Waals surface area contributed by atoms with Gasteiger partial charge in [-0.2, -0.15) is 0 Å². The van der Waals surface area contributed by atoms with Gasteiger partial charge in [0.05, 0.1) is 0 Å². The van der Waals surface area contributed by atoms with E-state index >= 15 is 0 Å². The third-order valence-corrected chi connectivity index (χ3v) is 12.2. The Hall–Kier alpha value is -3.93. The molecule has 404 valence electrons. The smallest absolute Gasteiger partial charge is 0.306 e. The highest BCUT2D eigenvalue weighted by atomic mass is 16.6. The largest absolute Gasteiger partial charge is 0.462 e. The molecule has 0 bridgehead atoms. The van der Waals surface area contributed by atoms with Gasteiger partial charge in [0, 0.05) is 19.3 Å². The molecule has 0 aromatic rings. The summed E-state index contributed by atoms with van der Waals surface area (Å²) < 4.78 is 16.9. The van der Waals surface area contributed by atoms with Crippen molar-refractivity contribution in [3.8, 4) is 0 Å². The zero-order valence-electron chi connectivity index (χ0n) is 46.2. The molecule has 0 saturated heterocycles. The van der Waals surface area contributed by atoms with Crippen LogP contribution in [-0.4, -0.2) is 37.2 Å². The van der Waals surface area contributed by atoms with E-state index in [1.54, 1.807) is 0 Å². The van der Waals surface area contributed by atoms with Crippen molar-refractivity contribution in [3.05, 3.63) is 109 Å². The quantitative estimate of drug-likeness (QED) is 0.0261. The first-order chi connectivity index (χ1) is 35.0. The van der Waals surface area contributed by atoms with Crippen LogP contribution in [0.15, 0.2) is 109 Å². The first-order valence-electron chi connectivity index (χ1n) is 29.4. The van der Waals surface area contributed by atoms with Gasteiger partial charge in [0.2, 0.25) is 0 Å². The Morgan fingerprint density at radius 1 is 0.296 bits per heavy atom. The molecule has 0 saturated carbocycles.